The summed E-state index contributed by atoms with van der Waals surface area (Å²) in [7, 11) is -2.00. The number of alkyl halides is 1. The van der Waals surface area contributed by atoms with Crippen LogP contribution in [0.3, 0.4) is 0 Å². The van der Waals surface area contributed by atoms with E-state index in [1.807, 2.05) is 0 Å². The Morgan fingerprint density at radius 3 is 2.52 bits per heavy atom. The molecule has 1 aromatic carbocycles. The van der Waals surface area contributed by atoms with Crippen LogP contribution in [0, 0.1) is 5.92 Å². The summed E-state index contributed by atoms with van der Waals surface area (Å²) in [5, 5.41) is 0. The quantitative estimate of drug-likeness (QED) is 0.722. The molecule has 2 fully saturated rings. The molecule has 0 bridgehead atoms. The molecular formula is C15H20ClNO3S. The van der Waals surface area contributed by atoms with Gasteiger partial charge in [-0.2, -0.15) is 4.31 Å². The van der Waals surface area contributed by atoms with Crippen LogP contribution in [0.15, 0.2) is 23.1 Å². The van der Waals surface area contributed by atoms with Gasteiger partial charge in [-0.05, 0) is 49.3 Å². The number of nitrogens with zero attached hydrogens (tertiary/aromatic N) is 1. The van der Waals surface area contributed by atoms with Crippen LogP contribution in [0.4, 0.5) is 0 Å². The average Bonchev–Trinajstić information content (AvgIpc) is 3.37. The minimum atomic E-state index is -3.50. The van der Waals surface area contributed by atoms with Crippen molar-refractivity contribution in [1.29, 1.82) is 0 Å². The molecule has 0 saturated heterocycles. The SMILES string of the molecule is COc1cc(CCl)ccc1S(=O)(=O)N(CC1CC1)C1CC1. The number of methoxy groups -OCH3 is 1. The maximum Gasteiger partial charge on any atom is 0.247 e. The molecular weight excluding hydrogens is 310 g/mol. The monoisotopic (exact) mass is 329 g/mol. The van der Waals surface area contributed by atoms with Crippen LogP contribution in [0.25, 0.3) is 0 Å². The summed E-state index contributed by atoms with van der Waals surface area (Å²) in [5.41, 5.74) is 0.854. The minimum Gasteiger partial charge on any atom is -0.495 e. The zero-order chi connectivity index (χ0) is 15.0. The van der Waals surface area contributed by atoms with E-state index in [-0.39, 0.29) is 10.9 Å². The molecule has 0 amide bonds. The van der Waals surface area contributed by atoms with Crippen LogP contribution in [-0.2, 0) is 15.9 Å². The molecule has 116 valence electrons. The summed E-state index contributed by atoms with van der Waals surface area (Å²) in [6.45, 7) is 0.646. The van der Waals surface area contributed by atoms with E-state index >= 15 is 0 Å². The first-order valence-corrected chi connectivity index (χ1v) is 9.28. The Labute approximate surface area is 131 Å². The van der Waals surface area contributed by atoms with Gasteiger partial charge in [0.2, 0.25) is 10.0 Å². The number of benzene rings is 1. The highest BCUT2D eigenvalue weighted by Gasteiger charge is 2.42. The normalized spacial score (nSPS) is 19.0. The van der Waals surface area contributed by atoms with Crippen LogP contribution in [0.5, 0.6) is 5.75 Å². The molecule has 0 aromatic heterocycles. The maximum atomic E-state index is 13.0. The van der Waals surface area contributed by atoms with E-state index in [1.54, 1.807) is 22.5 Å². The van der Waals surface area contributed by atoms with Crippen LogP contribution in [-0.4, -0.2) is 32.4 Å². The topological polar surface area (TPSA) is 46.6 Å². The second-order valence-electron chi connectivity index (χ2n) is 5.87. The van der Waals surface area contributed by atoms with Crippen molar-refractivity contribution in [3.05, 3.63) is 23.8 Å². The standard InChI is InChI=1S/C15H20ClNO3S/c1-20-14-8-12(9-16)4-7-15(14)21(18,19)17(13-5-6-13)10-11-2-3-11/h4,7-8,11,13H,2-3,5-6,9-10H2,1H3. The Hall–Kier alpha value is -0.780. The van der Waals surface area contributed by atoms with Crippen molar-refractivity contribution in [3.63, 3.8) is 0 Å². The molecule has 0 radical (unpaired) electrons. The van der Waals surface area contributed by atoms with Gasteiger partial charge < -0.3 is 4.74 Å². The number of sulfonamides is 1. The van der Waals surface area contributed by atoms with Crippen LogP contribution < -0.4 is 4.74 Å². The third kappa shape index (κ3) is 3.20. The first-order valence-electron chi connectivity index (χ1n) is 7.31. The van der Waals surface area contributed by atoms with E-state index in [0.29, 0.717) is 24.1 Å². The van der Waals surface area contributed by atoms with Gasteiger partial charge >= 0.3 is 0 Å². The highest BCUT2D eigenvalue weighted by molar-refractivity contribution is 7.89. The Morgan fingerprint density at radius 2 is 2.00 bits per heavy atom. The fourth-order valence-electron chi connectivity index (χ4n) is 2.50. The van der Waals surface area contributed by atoms with Crippen LogP contribution in [0.1, 0.15) is 31.2 Å². The Bertz CT molecular complexity index is 624. The molecule has 21 heavy (non-hydrogen) atoms. The summed E-state index contributed by atoms with van der Waals surface area (Å²) in [6, 6.07) is 5.26. The summed E-state index contributed by atoms with van der Waals surface area (Å²) in [5.74, 6) is 1.26. The predicted molar refractivity (Wildman–Crippen MR) is 82.2 cm³/mol. The van der Waals surface area contributed by atoms with Crippen molar-refractivity contribution in [2.75, 3.05) is 13.7 Å². The molecule has 6 heteroatoms. The lowest BCUT2D eigenvalue weighted by Gasteiger charge is -2.23. The first-order chi connectivity index (χ1) is 10.1. The number of rotatable bonds is 7. The fraction of sp³-hybridized carbons (Fsp3) is 0.600. The molecule has 0 atom stereocenters. The summed E-state index contributed by atoms with van der Waals surface area (Å²) in [6.07, 6.45) is 4.21. The number of hydrogen-bond acceptors (Lipinski definition) is 3. The average molecular weight is 330 g/mol. The van der Waals surface area contributed by atoms with Gasteiger partial charge in [-0.25, -0.2) is 8.42 Å². The third-order valence-corrected chi connectivity index (χ3v) is 6.32. The van der Waals surface area contributed by atoms with Gasteiger partial charge in [-0.1, -0.05) is 6.07 Å². The molecule has 3 rings (SSSR count). The fourth-order valence-corrected chi connectivity index (χ4v) is 4.56. The largest absolute Gasteiger partial charge is 0.495 e. The van der Waals surface area contributed by atoms with Gasteiger partial charge in [-0.3, -0.25) is 0 Å². The molecule has 0 aliphatic heterocycles. The zero-order valence-corrected chi connectivity index (χ0v) is 13.7. The third-order valence-electron chi connectivity index (χ3n) is 4.06. The van der Waals surface area contributed by atoms with Crippen molar-refractivity contribution < 1.29 is 13.2 Å². The molecule has 0 unspecified atom stereocenters. The van der Waals surface area contributed by atoms with Crippen molar-refractivity contribution in [3.8, 4) is 5.75 Å². The first kappa shape index (κ1) is 15.1. The van der Waals surface area contributed by atoms with Gasteiger partial charge in [0.05, 0.1) is 7.11 Å². The van der Waals surface area contributed by atoms with E-state index in [1.165, 1.54) is 7.11 Å². The highest BCUT2D eigenvalue weighted by Crippen LogP contribution is 2.39. The van der Waals surface area contributed by atoms with E-state index in [0.717, 1.165) is 31.2 Å². The molecule has 1 aromatic rings. The van der Waals surface area contributed by atoms with Gasteiger partial charge in [0.1, 0.15) is 10.6 Å². The second kappa shape index (κ2) is 5.78. The number of halogens is 1. The second-order valence-corrected chi connectivity index (χ2v) is 7.99. The molecule has 2 aliphatic rings. The van der Waals surface area contributed by atoms with Crippen molar-refractivity contribution >= 4 is 21.6 Å². The summed E-state index contributed by atoms with van der Waals surface area (Å²) in [4.78, 5) is 0.256. The Morgan fingerprint density at radius 1 is 1.29 bits per heavy atom. The minimum absolute atomic E-state index is 0.174. The summed E-state index contributed by atoms with van der Waals surface area (Å²) < 4.78 is 32.9. The van der Waals surface area contributed by atoms with E-state index < -0.39 is 10.0 Å². The molecule has 0 N–H and O–H groups in total. The van der Waals surface area contributed by atoms with Crippen molar-refractivity contribution in [1.82, 2.24) is 4.31 Å². The van der Waals surface area contributed by atoms with Crippen molar-refractivity contribution in [2.24, 2.45) is 5.92 Å². The predicted octanol–water partition coefficient (Wildman–Crippen LogP) is 3.00. The lowest BCUT2D eigenvalue weighted by Crippen LogP contribution is -2.35. The van der Waals surface area contributed by atoms with E-state index in [2.05, 4.69) is 0 Å². The maximum absolute atomic E-state index is 13.0. The Balaban J connectivity index is 1.95. The molecule has 0 spiro atoms. The lowest BCUT2D eigenvalue weighted by atomic mass is 10.2. The molecule has 0 heterocycles. The van der Waals surface area contributed by atoms with Crippen LogP contribution >= 0.6 is 11.6 Å². The van der Waals surface area contributed by atoms with Gasteiger partial charge in [-0.15, -0.1) is 11.6 Å². The highest BCUT2D eigenvalue weighted by atomic mass is 35.5. The molecule has 2 aliphatic carbocycles. The van der Waals surface area contributed by atoms with E-state index in [9.17, 15) is 8.42 Å². The van der Waals surface area contributed by atoms with Crippen molar-refractivity contribution in [2.45, 2.75) is 42.5 Å². The zero-order valence-electron chi connectivity index (χ0n) is 12.1. The van der Waals surface area contributed by atoms with Gasteiger partial charge in [0.15, 0.2) is 0 Å². The van der Waals surface area contributed by atoms with Crippen LogP contribution in [0.2, 0.25) is 0 Å². The number of ether oxygens (including phenoxy) is 1. The van der Waals surface area contributed by atoms with Gasteiger partial charge in [0.25, 0.3) is 0 Å². The number of hydrogen-bond donors (Lipinski definition) is 0. The Kier molecular flexibility index (Phi) is 4.17. The summed E-state index contributed by atoms with van der Waals surface area (Å²) >= 11 is 5.81. The van der Waals surface area contributed by atoms with Gasteiger partial charge in [0, 0.05) is 18.5 Å². The van der Waals surface area contributed by atoms with E-state index in [4.69, 9.17) is 16.3 Å². The smallest absolute Gasteiger partial charge is 0.247 e. The molecule has 4 nitrogen and oxygen atoms in total. The lowest BCUT2D eigenvalue weighted by molar-refractivity contribution is 0.376. The molecule has 2 saturated carbocycles.